The van der Waals surface area contributed by atoms with Crippen molar-refractivity contribution in [3.05, 3.63) is 0 Å². The Morgan fingerprint density at radius 2 is 0.786 bits per heavy atom. The number of esters is 2. The minimum atomic E-state index is 0.0233. The van der Waals surface area contributed by atoms with E-state index in [0.717, 1.165) is 71.2 Å². The number of unbranched alkanes of at least 4 members (excludes halogenated alkanes) is 18. The molecule has 0 atom stereocenters. The lowest BCUT2D eigenvalue weighted by atomic mass is 9.92. The van der Waals surface area contributed by atoms with Gasteiger partial charge in [-0.2, -0.15) is 0 Å². The van der Waals surface area contributed by atoms with Gasteiger partial charge in [-0.25, -0.2) is 0 Å². The molecule has 334 valence electrons. The maximum Gasteiger partial charge on any atom is 0.306 e. The van der Waals surface area contributed by atoms with Crippen LogP contribution in [0, 0.1) is 11.8 Å². The highest BCUT2D eigenvalue weighted by Gasteiger charge is 2.16. The Kier molecular flexibility index (Phi) is 44.0. The van der Waals surface area contributed by atoms with Crippen LogP contribution >= 0.6 is 0 Å². The first-order valence-corrected chi connectivity index (χ1v) is 24.8. The fraction of sp³-hybridized carbons (Fsp3) is 0.959. The molecule has 0 aliphatic carbocycles. The average Bonchev–Trinajstić information content (AvgIpc) is 3.19. The topological polar surface area (TPSA) is 85.9 Å². The maximum absolute atomic E-state index is 12.5. The number of likely N-dealkylation sites (N-methyl/N-ethyl adjacent to an activating group) is 1. The molecule has 0 heterocycles. The van der Waals surface area contributed by atoms with Crippen LogP contribution in [0.1, 0.15) is 240 Å². The predicted molar refractivity (Wildman–Crippen MR) is 240 cm³/mol. The molecule has 0 rings (SSSR count). The van der Waals surface area contributed by atoms with E-state index in [0.29, 0.717) is 44.0 Å². The number of carbonyl (C=O) groups excluding carboxylic acids is 2. The van der Waals surface area contributed by atoms with E-state index in [1.54, 1.807) is 0 Å². The molecule has 0 saturated carbocycles. The summed E-state index contributed by atoms with van der Waals surface area (Å²) < 4.78 is 17.7. The zero-order valence-corrected chi connectivity index (χ0v) is 38.4. The van der Waals surface area contributed by atoms with Crippen LogP contribution in [0.25, 0.3) is 0 Å². The number of hydrogen-bond donors (Lipinski definition) is 2. The number of carbonyl (C=O) groups is 2. The maximum atomic E-state index is 12.5. The summed E-state index contributed by atoms with van der Waals surface area (Å²) in [5.41, 5.74) is 0. The average molecular weight is 795 g/mol. The van der Waals surface area contributed by atoms with Gasteiger partial charge < -0.3 is 24.8 Å². The molecule has 2 N–H and O–H groups in total. The van der Waals surface area contributed by atoms with Crippen molar-refractivity contribution in [3.63, 3.8) is 0 Å². The number of hydrogen-bond acceptors (Lipinski definition) is 7. The highest BCUT2D eigenvalue weighted by atomic mass is 16.5. The van der Waals surface area contributed by atoms with Crippen molar-refractivity contribution in [2.24, 2.45) is 11.8 Å². The summed E-state index contributed by atoms with van der Waals surface area (Å²) in [6, 6.07) is 0. The van der Waals surface area contributed by atoms with E-state index in [-0.39, 0.29) is 11.9 Å². The Bertz CT molecular complexity index is 735. The molecule has 0 radical (unpaired) electrons. The molecule has 7 nitrogen and oxygen atoms in total. The summed E-state index contributed by atoms with van der Waals surface area (Å²) in [5.74, 6) is 1.06. The van der Waals surface area contributed by atoms with Crippen LogP contribution in [0.5, 0.6) is 0 Å². The highest BCUT2D eigenvalue weighted by molar-refractivity contribution is 5.70. The van der Waals surface area contributed by atoms with E-state index >= 15 is 0 Å². The monoisotopic (exact) mass is 795 g/mol. The van der Waals surface area contributed by atoms with Gasteiger partial charge in [-0.05, 0) is 83.2 Å². The summed E-state index contributed by atoms with van der Waals surface area (Å²) >= 11 is 0. The van der Waals surface area contributed by atoms with Gasteiger partial charge in [0.2, 0.25) is 0 Å². The van der Waals surface area contributed by atoms with E-state index in [1.165, 1.54) is 154 Å². The Balaban J connectivity index is 4.24. The molecule has 0 amide bonds. The molecule has 0 aliphatic heterocycles. The molecule has 0 spiro atoms. The second kappa shape index (κ2) is 44.9. The van der Waals surface area contributed by atoms with Gasteiger partial charge >= 0.3 is 11.9 Å². The number of rotatable bonds is 46. The zero-order chi connectivity index (χ0) is 41.0. The molecular weight excluding hydrogens is 697 g/mol. The van der Waals surface area contributed by atoms with Crippen molar-refractivity contribution in [1.29, 1.82) is 0 Å². The van der Waals surface area contributed by atoms with Crippen LogP contribution in [0.2, 0.25) is 0 Å². The van der Waals surface area contributed by atoms with E-state index in [4.69, 9.17) is 14.2 Å². The number of ether oxygens (including phenoxy) is 3. The fourth-order valence-corrected chi connectivity index (χ4v) is 7.85. The van der Waals surface area contributed by atoms with Crippen LogP contribution in [-0.2, 0) is 23.8 Å². The molecule has 0 saturated heterocycles. The van der Waals surface area contributed by atoms with E-state index in [9.17, 15) is 9.59 Å². The second-order valence-electron chi connectivity index (χ2n) is 17.1. The normalized spacial score (nSPS) is 11.7. The minimum Gasteiger partial charge on any atom is -0.466 e. The van der Waals surface area contributed by atoms with Crippen LogP contribution < -0.4 is 10.6 Å². The molecule has 0 fully saturated rings. The standard InChI is InChI=1S/C49H98N2O5/c1-6-10-22-31-45(32-23-11-7-2)43-48(52)55-40-28-20-16-14-18-26-35-47(54-42-30-37-51-39-38-50-5)36-27-19-15-17-21-29-41-56-49(53)44-46(33-24-12-8-3)34-25-13-9-4/h45-47,50-51H,6-44H2,1-5H3. The van der Waals surface area contributed by atoms with Crippen LogP contribution in [0.3, 0.4) is 0 Å². The van der Waals surface area contributed by atoms with Crippen molar-refractivity contribution >= 4 is 11.9 Å². The minimum absolute atomic E-state index is 0.0233. The van der Waals surface area contributed by atoms with Gasteiger partial charge in [-0.15, -0.1) is 0 Å². The molecule has 0 aromatic carbocycles. The van der Waals surface area contributed by atoms with Crippen molar-refractivity contribution in [1.82, 2.24) is 10.6 Å². The zero-order valence-electron chi connectivity index (χ0n) is 38.4. The van der Waals surface area contributed by atoms with Crippen LogP contribution in [-0.4, -0.2) is 64.5 Å². The number of nitrogens with one attached hydrogen (secondary N) is 2. The fourth-order valence-electron chi connectivity index (χ4n) is 7.85. The van der Waals surface area contributed by atoms with Crippen molar-refractivity contribution in [2.45, 2.75) is 246 Å². The lowest BCUT2D eigenvalue weighted by Crippen LogP contribution is -2.26. The first-order valence-electron chi connectivity index (χ1n) is 24.8. The second-order valence-corrected chi connectivity index (χ2v) is 17.1. The lowest BCUT2D eigenvalue weighted by molar-refractivity contribution is -0.146. The largest absolute Gasteiger partial charge is 0.466 e. The summed E-state index contributed by atoms with van der Waals surface area (Å²) in [6.45, 7) is 14.0. The van der Waals surface area contributed by atoms with Crippen molar-refractivity contribution in [3.8, 4) is 0 Å². The first-order chi connectivity index (χ1) is 27.5. The summed E-state index contributed by atoms with van der Waals surface area (Å²) in [6.07, 6.45) is 38.8. The van der Waals surface area contributed by atoms with E-state index in [1.807, 2.05) is 7.05 Å². The van der Waals surface area contributed by atoms with E-state index < -0.39 is 0 Å². The van der Waals surface area contributed by atoms with Gasteiger partial charge in [-0.3, -0.25) is 9.59 Å². The molecule has 7 heteroatoms. The molecule has 0 aromatic heterocycles. The SMILES string of the molecule is CCCCCC(CCCCC)CC(=O)OCCCCCCCCC(CCCCCCCCOC(=O)CC(CCCCC)CCCCC)OCCCNCCNC. The Labute approximate surface area is 349 Å². The van der Waals surface area contributed by atoms with Gasteiger partial charge in [0.25, 0.3) is 0 Å². The highest BCUT2D eigenvalue weighted by Crippen LogP contribution is 2.23. The third-order valence-corrected chi connectivity index (χ3v) is 11.5. The predicted octanol–water partition coefficient (Wildman–Crippen LogP) is 13.5. The van der Waals surface area contributed by atoms with Crippen LogP contribution in [0.4, 0.5) is 0 Å². The van der Waals surface area contributed by atoms with Gasteiger partial charge in [0, 0.05) is 32.5 Å². The smallest absolute Gasteiger partial charge is 0.306 e. The van der Waals surface area contributed by atoms with Crippen molar-refractivity contribution < 1.29 is 23.8 Å². The Morgan fingerprint density at radius 3 is 1.18 bits per heavy atom. The Hall–Kier alpha value is -1.18. The Morgan fingerprint density at radius 1 is 0.411 bits per heavy atom. The van der Waals surface area contributed by atoms with E-state index in [2.05, 4.69) is 38.3 Å². The molecule has 0 aliphatic rings. The van der Waals surface area contributed by atoms with Gasteiger partial charge in [0.05, 0.1) is 19.3 Å². The summed E-state index contributed by atoms with van der Waals surface area (Å²) in [5, 5.41) is 6.68. The molecule has 0 bridgehead atoms. The lowest BCUT2D eigenvalue weighted by Gasteiger charge is -2.18. The third-order valence-electron chi connectivity index (χ3n) is 11.5. The molecular formula is C49H98N2O5. The molecule has 0 aromatic rings. The summed E-state index contributed by atoms with van der Waals surface area (Å²) in [4.78, 5) is 25.1. The molecule has 56 heavy (non-hydrogen) atoms. The quantitative estimate of drug-likeness (QED) is 0.0469. The van der Waals surface area contributed by atoms with Gasteiger partial charge in [-0.1, -0.05) is 169 Å². The van der Waals surface area contributed by atoms with Gasteiger partial charge in [0.1, 0.15) is 0 Å². The summed E-state index contributed by atoms with van der Waals surface area (Å²) in [7, 11) is 1.99. The van der Waals surface area contributed by atoms with Crippen molar-refractivity contribution in [2.75, 3.05) is 46.5 Å². The van der Waals surface area contributed by atoms with Gasteiger partial charge in [0.15, 0.2) is 0 Å². The first kappa shape index (κ1) is 54.8. The third kappa shape index (κ3) is 39.6. The van der Waals surface area contributed by atoms with Crippen LogP contribution in [0.15, 0.2) is 0 Å². The molecule has 0 unspecified atom stereocenters.